The minimum absolute atomic E-state index is 0.303. The minimum Gasteiger partial charge on any atom is -0.367 e. The van der Waals surface area contributed by atoms with Gasteiger partial charge in [-0.25, -0.2) is 0 Å². The second kappa shape index (κ2) is 5.26. The van der Waals surface area contributed by atoms with Gasteiger partial charge in [0.15, 0.2) is 0 Å². The average Bonchev–Trinajstić information content (AvgIpc) is 2.84. The Morgan fingerprint density at radius 1 is 0.952 bits per heavy atom. The molecule has 0 bridgehead atoms. The maximum absolute atomic E-state index is 6.41. The standard InChI is InChI=1S/C17H15ClN2O/c1-10-6-3-4-8-12(10)14-16(20-21-17(14)19)13-9-5-7-11(2)15(13)18/h3-9H,19H2,1-2H3. The van der Waals surface area contributed by atoms with Crippen LogP contribution in [0, 0.1) is 13.8 Å². The van der Waals surface area contributed by atoms with Gasteiger partial charge in [-0.05, 0) is 30.5 Å². The Balaban J connectivity index is 2.28. The molecule has 0 spiro atoms. The smallest absolute Gasteiger partial charge is 0.230 e. The SMILES string of the molecule is Cc1ccccc1-c1c(-c2cccc(C)c2Cl)noc1N. The van der Waals surface area contributed by atoms with E-state index in [4.69, 9.17) is 21.9 Å². The van der Waals surface area contributed by atoms with Gasteiger partial charge in [0, 0.05) is 5.56 Å². The number of aryl methyl sites for hydroxylation is 2. The Morgan fingerprint density at radius 3 is 2.38 bits per heavy atom. The number of benzene rings is 2. The van der Waals surface area contributed by atoms with Gasteiger partial charge in [0.2, 0.25) is 5.88 Å². The molecule has 1 aromatic heterocycles. The maximum atomic E-state index is 6.41. The van der Waals surface area contributed by atoms with Crippen molar-refractivity contribution < 1.29 is 4.52 Å². The summed E-state index contributed by atoms with van der Waals surface area (Å²) in [5, 5.41) is 4.79. The number of aromatic nitrogens is 1. The van der Waals surface area contributed by atoms with Crippen molar-refractivity contribution in [3.63, 3.8) is 0 Å². The van der Waals surface area contributed by atoms with Gasteiger partial charge in [-0.3, -0.25) is 0 Å². The highest BCUT2D eigenvalue weighted by Crippen LogP contribution is 2.40. The Kier molecular flexibility index (Phi) is 3.43. The summed E-state index contributed by atoms with van der Waals surface area (Å²) in [6, 6.07) is 13.8. The van der Waals surface area contributed by atoms with E-state index in [1.54, 1.807) is 0 Å². The fourth-order valence-corrected chi connectivity index (χ4v) is 2.65. The number of halogens is 1. The Hall–Kier alpha value is -2.26. The van der Waals surface area contributed by atoms with Crippen LogP contribution in [0.4, 0.5) is 5.88 Å². The summed E-state index contributed by atoms with van der Waals surface area (Å²) in [6.07, 6.45) is 0. The summed E-state index contributed by atoms with van der Waals surface area (Å²) < 4.78 is 5.22. The fraction of sp³-hybridized carbons (Fsp3) is 0.118. The molecular formula is C17H15ClN2O. The molecular weight excluding hydrogens is 284 g/mol. The van der Waals surface area contributed by atoms with E-state index < -0.39 is 0 Å². The zero-order chi connectivity index (χ0) is 15.0. The summed E-state index contributed by atoms with van der Waals surface area (Å²) >= 11 is 6.41. The van der Waals surface area contributed by atoms with Gasteiger partial charge in [0.25, 0.3) is 0 Å². The monoisotopic (exact) mass is 298 g/mol. The van der Waals surface area contributed by atoms with Gasteiger partial charge in [0.05, 0.1) is 10.6 Å². The van der Waals surface area contributed by atoms with Crippen molar-refractivity contribution in [2.45, 2.75) is 13.8 Å². The van der Waals surface area contributed by atoms with Crippen LogP contribution in [0.15, 0.2) is 47.0 Å². The molecule has 0 atom stereocenters. The molecule has 3 aromatic rings. The number of nitrogens with two attached hydrogens (primary N) is 1. The molecule has 0 amide bonds. The number of rotatable bonds is 2. The first kappa shape index (κ1) is 13.7. The highest BCUT2D eigenvalue weighted by Gasteiger charge is 2.20. The molecule has 0 aliphatic rings. The molecule has 0 fully saturated rings. The predicted octanol–water partition coefficient (Wildman–Crippen LogP) is 4.86. The summed E-state index contributed by atoms with van der Waals surface area (Å²) in [4.78, 5) is 0. The third-order valence-electron chi connectivity index (χ3n) is 3.58. The zero-order valence-corrected chi connectivity index (χ0v) is 12.6. The minimum atomic E-state index is 0.303. The van der Waals surface area contributed by atoms with Crippen LogP contribution >= 0.6 is 11.6 Å². The van der Waals surface area contributed by atoms with Crippen LogP contribution < -0.4 is 5.73 Å². The molecule has 1 heterocycles. The molecule has 0 radical (unpaired) electrons. The van der Waals surface area contributed by atoms with Gasteiger partial charge in [0.1, 0.15) is 5.69 Å². The average molecular weight is 299 g/mol. The van der Waals surface area contributed by atoms with Crippen molar-refractivity contribution in [3.05, 3.63) is 58.6 Å². The Bertz CT molecular complexity index is 808. The van der Waals surface area contributed by atoms with Gasteiger partial charge >= 0.3 is 0 Å². The number of hydrogen-bond donors (Lipinski definition) is 1. The third-order valence-corrected chi connectivity index (χ3v) is 4.08. The summed E-state index contributed by atoms with van der Waals surface area (Å²) in [7, 11) is 0. The fourth-order valence-electron chi connectivity index (χ4n) is 2.43. The molecule has 0 aliphatic heterocycles. The first-order valence-electron chi connectivity index (χ1n) is 6.66. The normalized spacial score (nSPS) is 10.8. The van der Waals surface area contributed by atoms with Crippen LogP contribution in [0.5, 0.6) is 0 Å². The van der Waals surface area contributed by atoms with E-state index in [0.29, 0.717) is 16.6 Å². The number of nitrogen functional groups attached to an aromatic ring is 1. The van der Waals surface area contributed by atoms with E-state index in [2.05, 4.69) is 5.16 Å². The third kappa shape index (κ3) is 2.30. The molecule has 0 unspecified atom stereocenters. The van der Waals surface area contributed by atoms with Gasteiger partial charge in [-0.15, -0.1) is 0 Å². The van der Waals surface area contributed by atoms with E-state index in [-0.39, 0.29) is 0 Å². The lowest BCUT2D eigenvalue weighted by Gasteiger charge is -2.08. The van der Waals surface area contributed by atoms with Crippen molar-refractivity contribution in [2.24, 2.45) is 0 Å². The second-order valence-electron chi connectivity index (χ2n) is 5.02. The molecule has 2 N–H and O–H groups in total. The lowest BCUT2D eigenvalue weighted by Crippen LogP contribution is -1.91. The van der Waals surface area contributed by atoms with E-state index in [9.17, 15) is 0 Å². The molecule has 3 rings (SSSR count). The molecule has 21 heavy (non-hydrogen) atoms. The lowest BCUT2D eigenvalue weighted by molar-refractivity contribution is 0.439. The second-order valence-corrected chi connectivity index (χ2v) is 5.40. The maximum Gasteiger partial charge on any atom is 0.230 e. The highest BCUT2D eigenvalue weighted by molar-refractivity contribution is 6.34. The number of hydrogen-bond acceptors (Lipinski definition) is 3. The molecule has 3 nitrogen and oxygen atoms in total. The van der Waals surface area contributed by atoms with Crippen molar-refractivity contribution in [3.8, 4) is 22.4 Å². The quantitative estimate of drug-likeness (QED) is 0.735. The van der Waals surface area contributed by atoms with Crippen LogP contribution in [-0.4, -0.2) is 5.16 Å². The number of anilines is 1. The Labute approximate surface area is 128 Å². The van der Waals surface area contributed by atoms with Crippen molar-refractivity contribution >= 4 is 17.5 Å². The Morgan fingerprint density at radius 2 is 1.62 bits per heavy atom. The molecule has 0 saturated heterocycles. The topological polar surface area (TPSA) is 52.0 Å². The predicted molar refractivity (Wildman–Crippen MR) is 86.3 cm³/mol. The van der Waals surface area contributed by atoms with Crippen LogP contribution in [0.25, 0.3) is 22.4 Å². The molecule has 106 valence electrons. The van der Waals surface area contributed by atoms with E-state index in [0.717, 1.165) is 27.8 Å². The van der Waals surface area contributed by atoms with E-state index >= 15 is 0 Å². The molecule has 0 aliphatic carbocycles. The summed E-state index contributed by atoms with van der Waals surface area (Å²) in [5.74, 6) is 0.303. The molecule has 0 saturated carbocycles. The van der Waals surface area contributed by atoms with Gasteiger partial charge in [-0.1, -0.05) is 59.2 Å². The summed E-state index contributed by atoms with van der Waals surface area (Å²) in [5.41, 5.74) is 11.4. The first-order chi connectivity index (χ1) is 10.1. The highest BCUT2D eigenvalue weighted by atomic mass is 35.5. The van der Waals surface area contributed by atoms with Gasteiger partial charge < -0.3 is 10.3 Å². The number of nitrogens with zero attached hydrogens (tertiary/aromatic N) is 1. The van der Waals surface area contributed by atoms with Crippen LogP contribution in [-0.2, 0) is 0 Å². The first-order valence-corrected chi connectivity index (χ1v) is 7.04. The van der Waals surface area contributed by atoms with Gasteiger partial charge in [-0.2, -0.15) is 0 Å². The van der Waals surface area contributed by atoms with E-state index in [1.807, 2.05) is 56.3 Å². The molecule has 2 aromatic carbocycles. The van der Waals surface area contributed by atoms with Crippen LogP contribution in [0.2, 0.25) is 5.02 Å². The summed E-state index contributed by atoms with van der Waals surface area (Å²) in [6.45, 7) is 3.99. The molecule has 4 heteroatoms. The van der Waals surface area contributed by atoms with Crippen molar-refractivity contribution in [1.29, 1.82) is 0 Å². The van der Waals surface area contributed by atoms with Crippen LogP contribution in [0.3, 0.4) is 0 Å². The van der Waals surface area contributed by atoms with Crippen molar-refractivity contribution in [2.75, 3.05) is 5.73 Å². The van der Waals surface area contributed by atoms with Crippen molar-refractivity contribution in [1.82, 2.24) is 5.16 Å². The largest absolute Gasteiger partial charge is 0.367 e. The van der Waals surface area contributed by atoms with E-state index in [1.165, 1.54) is 0 Å². The zero-order valence-electron chi connectivity index (χ0n) is 11.9. The van der Waals surface area contributed by atoms with Crippen LogP contribution in [0.1, 0.15) is 11.1 Å². The lowest BCUT2D eigenvalue weighted by atomic mass is 9.96.